The van der Waals surface area contributed by atoms with Crippen LogP contribution in [-0.2, 0) is 9.53 Å². The predicted octanol–water partition coefficient (Wildman–Crippen LogP) is 1.62. The van der Waals surface area contributed by atoms with E-state index in [-0.39, 0.29) is 18.5 Å². The molecule has 1 aromatic rings. The van der Waals surface area contributed by atoms with E-state index in [1.54, 1.807) is 18.2 Å². The normalized spacial score (nSPS) is 19.8. The molecule has 1 aromatic carbocycles. The highest BCUT2D eigenvalue weighted by molar-refractivity contribution is 6.01. The fraction of sp³-hybridized carbons (Fsp3) is 0.375. The quantitative estimate of drug-likeness (QED) is 0.675. The first-order chi connectivity index (χ1) is 10.8. The molecule has 0 saturated carbocycles. The third-order valence-electron chi connectivity index (χ3n) is 3.59. The number of benzene rings is 1. The Labute approximate surface area is 128 Å². The lowest BCUT2D eigenvalue weighted by atomic mass is 10.1. The standard InChI is InChI=1S/C16H16N2O4/c17-8-12(16(19)18-9-13-2-1-5-20-13)6-11-3-4-14-15(7-11)22-10-21-14/h3-4,6-7,13H,1-2,5,9-10H2,(H,18,19)/b12-6-/t13-/m1/s1. The number of fused-ring (bicyclic) bond motifs is 1. The van der Waals surface area contributed by atoms with Crippen LogP contribution in [0.3, 0.4) is 0 Å². The van der Waals surface area contributed by atoms with Crippen molar-refractivity contribution in [3.8, 4) is 17.6 Å². The highest BCUT2D eigenvalue weighted by Gasteiger charge is 2.18. The third kappa shape index (κ3) is 3.21. The van der Waals surface area contributed by atoms with Crippen LogP contribution in [0.2, 0.25) is 0 Å². The van der Waals surface area contributed by atoms with Gasteiger partial charge < -0.3 is 19.5 Å². The third-order valence-corrected chi connectivity index (χ3v) is 3.59. The summed E-state index contributed by atoms with van der Waals surface area (Å²) in [6, 6.07) is 7.21. The number of hydrogen-bond acceptors (Lipinski definition) is 5. The molecule has 1 atom stereocenters. The minimum atomic E-state index is -0.393. The van der Waals surface area contributed by atoms with E-state index in [1.165, 1.54) is 6.08 Å². The summed E-state index contributed by atoms with van der Waals surface area (Å²) in [5.74, 6) is 0.889. The molecule has 3 rings (SSSR count). The molecule has 0 radical (unpaired) electrons. The van der Waals surface area contributed by atoms with Gasteiger partial charge in [-0.3, -0.25) is 4.79 Å². The Morgan fingerprint density at radius 3 is 3.05 bits per heavy atom. The van der Waals surface area contributed by atoms with Crippen LogP contribution < -0.4 is 14.8 Å². The zero-order valence-electron chi connectivity index (χ0n) is 12.0. The van der Waals surface area contributed by atoms with Crippen LogP contribution >= 0.6 is 0 Å². The highest BCUT2D eigenvalue weighted by Crippen LogP contribution is 2.33. The molecule has 6 heteroatoms. The van der Waals surface area contributed by atoms with Crippen LogP contribution in [0.4, 0.5) is 0 Å². The lowest BCUT2D eigenvalue weighted by molar-refractivity contribution is -0.117. The SMILES string of the molecule is N#C/C(=C/c1ccc2c(c1)OCO2)C(=O)NC[C@H]1CCCO1. The van der Waals surface area contributed by atoms with Crippen LogP contribution in [0, 0.1) is 11.3 Å². The van der Waals surface area contributed by atoms with Crippen LogP contribution in [0.15, 0.2) is 23.8 Å². The minimum absolute atomic E-state index is 0.0504. The number of rotatable bonds is 4. The Balaban J connectivity index is 1.67. The van der Waals surface area contributed by atoms with Crippen LogP contribution in [0.5, 0.6) is 11.5 Å². The van der Waals surface area contributed by atoms with Crippen LogP contribution in [-0.4, -0.2) is 32.0 Å². The summed E-state index contributed by atoms with van der Waals surface area (Å²) >= 11 is 0. The predicted molar refractivity (Wildman–Crippen MR) is 78.1 cm³/mol. The number of carbonyl (C=O) groups excluding carboxylic acids is 1. The van der Waals surface area contributed by atoms with Gasteiger partial charge >= 0.3 is 0 Å². The van der Waals surface area contributed by atoms with Gasteiger partial charge in [0.25, 0.3) is 5.91 Å². The minimum Gasteiger partial charge on any atom is -0.454 e. The molecule has 22 heavy (non-hydrogen) atoms. The summed E-state index contributed by atoms with van der Waals surface area (Å²) in [7, 11) is 0. The molecule has 1 fully saturated rings. The number of nitrogens with one attached hydrogen (secondary N) is 1. The fourth-order valence-corrected chi connectivity index (χ4v) is 2.43. The number of amides is 1. The van der Waals surface area contributed by atoms with Crippen molar-refractivity contribution in [2.24, 2.45) is 0 Å². The van der Waals surface area contributed by atoms with Gasteiger partial charge in [0.05, 0.1) is 6.10 Å². The first kappa shape index (κ1) is 14.4. The van der Waals surface area contributed by atoms with Crippen molar-refractivity contribution in [1.29, 1.82) is 5.26 Å². The molecular weight excluding hydrogens is 284 g/mol. The van der Waals surface area contributed by atoms with Crippen molar-refractivity contribution < 1.29 is 19.0 Å². The summed E-state index contributed by atoms with van der Waals surface area (Å²) in [5.41, 5.74) is 0.768. The molecule has 114 valence electrons. The van der Waals surface area contributed by atoms with Crippen molar-refractivity contribution in [1.82, 2.24) is 5.32 Å². The largest absolute Gasteiger partial charge is 0.454 e. The molecule has 0 aromatic heterocycles. The smallest absolute Gasteiger partial charge is 0.262 e. The van der Waals surface area contributed by atoms with E-state index in [0.29, 0.717) is 23.6 Å². The molecular formula is C16H16N2O4. The Morgan fingerprint density at radius 2 is 2.27 bits per heavy atom. The van der Waals surface area contributed by atoms with Gasteiger partial charge in [-0.1, -0.05) is 6.07 Å². The van der Waals surface area contributed by atoms with E-state index in [1.807, 2.05) is 6.07 Å². The summed E-state index contributed by atoms with van der Waals surface area (Å²) < 4.78 is 15.9. The molecule has 2 heterocycles. The van der Waals surface area contributed by atoms with Crippen LogP contribution in [0.25, 0.3) is 6.08 Å². The van der Waals surface area contributed by atoms with Crippen molar-refractivity contribution >= 4 is 12.0 Å². The second-order valence-corrected chi connectivity index (χ2v) is 5.13. The van der Waals surface area contributed by atoms with E-state index in [9.17, 15) is 10.1 Å². The van der Waals surface area contributed by atoms with E-state index < -0.39 is 5.91 Å². The van der Waals surface area contributed by atoms with Gasteiger partial charge in [-0.05, 0) is 36.6 Å². The molecule has 0 aliphatic carbocycles. The second-order valence-electron chi connectivity index (χ2n) is 5.13. The van der Waals surface area contributed by atoms with Crippen molar-refractivity contribution in [3.05, 3.63) is 29.3 Å². The number of nitrogens with zero attached hydrogens (tertiary/aromatic N) is 1. The maximum Gasteiger partial charge on any atom is 0.262 e. The Kier molecular flexibility index (Phi) is 4.26. The monoisotopic (exact) mass is 300 g/mol. The molecule has 2 aliphatic heterocycles. The zero-order valence-corrected chi connectivity index (χ0v) is 12.0. The van der Waals surface area contributed by atoms with Crippen molar-refractivity contribution in [3.63, 3.8) is 0 Å². The van der Waals surface area contributed by atoms with Gasteiger partial charge in [0.2, 0.25) is 6.79 Å². The van der Waals surface area contributed by atoms with E-state index in [0.717, 1.165) is 19.4 Å². The first-order valence-electron chi connectivity index (χ1n) is 7.17. The lowest BCUT2D eigenvalue weighted by Crippen LogP contribution is -2.32. The van der Waals surface area contributed by atoms with E-state index >= 15 is 0 Å². The second kappa shape index (κ2) is 6.50. The molecule has 1 N–H and O–H groups in total. The summed E-state index contributed by atoms with van der Waals surface area (Å²) in [6.07, 6.45) is 3.54. The number of hydrogen-bond donors (Lipinski definition) is 1. The van der Waals surface area contributed by atoms with Gasteiger partial charge in [0.15, 0.2) is 11.5 Å². The average Bonchev–Trinajstić information content (AvgIpc) is 3.20. The number of nitriles is 1. The summed E-state index contributed by atoms with van der Waals surface area (Å²) in [6.45, 7) is 1.35. The molecule has 0 unspecified atom stereocenters. The van der Waals surface area contributed by atoms with Gasteiger partial charge in [0, 0.05) is 13.2 Å². The Morgan fingerprint density at radius 1 is 1.41 bits per heavy atom. The van der Waals surface area contributed by atoms with Crippen molar-refractivity contribution in [2.75, 3.05) is 19.9 Å². The summed E-state index contributed by atoms with van der Waals surface area (Å²) in [5, 5.41) is 11.9. The van der Waals surface area contributed by atoms with E-state index in [2.05, 4.69) is 5.32 Å². The van der Waals surface area contributed by atoms with Crippen molar-refractivity contribution in [2.45, 2.75) is 18.9 Å². The van der Waals surface area contributed by atoms with Crippen LogP contribution in [0.1, 0.15) is 18.4 Å². The number of ether oxygens (including phenoxy) is 3. The van der Waals surface area contributed by atoms with Gasteiger partial charge in [-0.15, -0.1) is 0 Å². The van der Waals surface area contributed by atoms with Gasteiger partial charge in [-0.2, -0.15) is 5.26 Å². The molecule has 0 spiro atoms. The Hall–Kier alpha value is -2.52. The Bertz CT molecular complexity index is 642. The maximum atomic E-state index is 12.1. The fourth-order valence-electron chi connectivity index (χ4n) is 2.43. The highest BCUT2D eigenvalue weighted by atomic mass is 16.7. The van der Waals surface area contributed by atoms with E-state index in [4.69, 9.17) is 14.2 Å². The van der Waals surface area contributed by atoms with Gasteiger partial charge in [0.1, 0.15) is 11.6 Å². The lowest BCUT2D eigenvalue weighted by Gasteiger charge is -2.10. The summed E-state index contributed by atoms with van der Waals surface area (Å²) in [4.78, 5) is 12.1. The average molecular weight is 300 g/mol. The molecule has 2 aliphatic rings. The molecule has 1 saturated heterocycles. The maximum absolute atomic E-state index is 12.1. The van der Waals surface area contributed by atoms with Gasteiger partial charge in [-0.25, -0.2) is 0 Å². The molecule has 1 amide bonds. The molecule has 0 bridgehead atoms. The number of carbonyl (C=O) groups is 1. The molecule has 6 nitrogen and oxygen atoms in total. The first-order valence-corrected chi connectivity index (χ1v) is 7.17. The topological polar surface area (TPSA) is 80.6 Å². The zero-order chi connectivity index (χ0) is 15.4.